The zero-order valence-electron chi connectivity index (χ0n) is 22.9. The molecule has 1 N–H and O–H groups in total. The molecular weight excluding hydrogens is 598 g/mol. The molecule has 0 radical (unpaired) electrons. The summed E-state index contributed by atoms with van der Waals surface area (Å²) in [5.74, 6) is 0.259. The summed E-state index contributed by atoms with van der Waals surface area (Å²) in [6, 6.07) is 8.70. The van der Waals surface area contributed by atoms with Gasteiger partial charge in [0.2, 0.25) is 5.91 Å². The number of thioether (sulfide) groups is 1. The van der Waals surface area contributed by atoms with Gasteiger partial charge in [-0.2, -0.15) is 0 Å². The Bertz CT molecular complexity index is 1370. The molecule has 0 spiro atoms. The Balaban J connectivity index is 1.38. The molecule has 0 aromatic heterocycles. The number of benzene rings is 2. The second kappa shape index (κ2) is 12.9. The molecule has 40 heavy (non-hydrogen) atoms. The monoisotopic (exact) mass is 629 g/mol. The first-order chi connectivity index (χ1) is 19.1. The van der Waals surface area contributed by atoms with Crippen LogP contribution in [0.4, 0.5) is 10.5 Å². The van der Waals surface area contributed by atoms with Gasteiger partial charge in [0, 0.05) is 23.2 Å². The fourth-order valence-corrected chi connectivity index (χ4v) is 5.69. The van der Waals surface area contributed by atoms with E-state index in [0.29, 0.717) is 41.8 Å². The number of anilines is 1. The van der Waals surface area contributed by atoms with E-state index in [1.54, 1.807) is 29.2 Å². The van der Waals surface area contributed by atoms with Crippen molar-refractivity contribution in [3.8, 4) is 11.5 Å². The van der Waals surface area contributed by atoms with E-state index in [9.17, 15) is 19.2 Å². The fourth-order valence-electron chi connectivity index (χ4n) is 4.43. The molecule has 0 aliphatic carbocycles. The Morgan fingerprint density at radius 1 is 1.10 bits per heavy atom. The first kappa shape index (κ1) is 29.7. The minimum Gasteiger partial charge on any atom is -0.493 e. The van der Waals surface area contributed by atoms with Gasteiger partial charge >= 0.3 is 0 Å². The summed E-state index contributed by atoms with van der Waals surface area (Å²) >= 11 is 4.28. The molecule has 0 atom stereocenters. The third kappa shape index (κ3) is 6.87. The van der Waals surface area contributed by atoms with Crippen LogP contribution in [0.1, 0.15) is 36.5 Å². The summed E-state index contributed by atoms with van der Waals surface area (Å²) in [7, 11) is 1.47. The van der Waals surface area contributed by atoms with E-state index in [-0.39, 0.29) is 29.9 Å². The minimum atomic E-state index is -0.497. The molecule has 0 bridgehead atoms. The highest BCUT2D eigenvalue weighted by molar-refractivity contribution is 9.10. The van der Waals surface area contributed by atoms with Crippen LogP contribution in [0.2, 0.25) is 0 Å². The van der Waals surface area contributed by atoms with Crippen LogP contribution in [0.3, 0.4) is 0 Å². The highest BCUT2D eigenvalue weighted by atomic mass is 79.9. The summed E-state index contributed by atoms with van der Waals surface area (Å²) in [5.41, 5.74) is 3.31. The lowest BCUT2D eigenvalue weighted by Gasteiger charge is -2.31. The molecule has 11 heteroatoms. The molecule has 2 fully saturated rings. The van der Waals surface area contributed by atoms with Crippen molar-refractivity contribution in [2.75, 3.05) is 38.7 Å². The third-order valence-corrected chi connectivity index (χ3v) is 8.91. The number of hydrogen-bond donors (Lipinski definition) is 1. The first-order valence-electron chi connectivity index (χ1n) is 13.0. The van der Waals surface area contributed by atoms with Crippen molar-refractivity contribution in [2.24, 2.45) is 5.92 Å². The summed E-state index contributed by atoms with van der Waals surface area (Å²) in [4.78, 5) is 53.6. The number of nitrogens with one attached hydrogen (secondary N) is 1. The van der Waals surface area contributed by atoms with Gasteiger partial charge in [-0.1, -0.05) is 28.9 Å². The molecule has 2 saturated heterocycles. The van der Waals surface area contributed by atoms with E-state index in [2.05, 4.69) is 28.2 Å². The zero-order chi connectivity index (χ0) is 29.0. The number of ether oxygens (including phenoxy) is 2. The van der Waals surface area contributed by atoms with Crippen molar-refractivity contribution < 1.29 is 28.7 Å². The van der Waals surface area contributed by atoms with Crippen LogP contribution >= 0.6 is 27.7 Å². The van der Waals surface area contributed by atoms with Gasteiger partial charge in [0.05, 0.1) is 12.0 Å². The van der Waals surface area contributed by atoms with E-state index in [1.807, 2.05) is 26.0 Å². The molecule has 0 saturated carbocycles. The summed E-state index contributed by atoms with van der Waals surface area (Å²) in [6.07, 6.45) is 3.42. The molecule has 2 aliphatic heterocycles. The summed E-state index contributed by atoms with van der Waals surface area (Å²) < 4.78 is 12.1. The van der Waals surface area contributed by atoms with Crippen LogP contribution in [0, 0.1) is 19.8 Å². The number of rotatable bonds is 8. The van der Waals surface area contributed by atoms with Crippen molar-refractivity contribution in [3.05, 3.63) is 56.4 Å². The minimum absolute atomic E-state index is 0.215. The smallest absolute Gasteiger partial charge is 0.294 e. The highest BCUT2D eigenvalue weighted by Gasteiger charge is 2.37. The summed E-state index contributed by atoms with van der Waals surface area (Å²) in [5, 5.41) is 2.39. The highest BCUT2D eigenvalue weighted by Crippen LogP contribution is 2.35. The number of carbonyl (C=O) groups is 4. The number of nitrogens with zero attached hydrogens (tertiary/aromatic N) is 2. The number of likely N-dealkylation sites (tertiary alicyclic amines) is 1. The molecule has 4 amide bonds. The molecule has 0 unspecified atom stereocenters. The average Bonchev–Trinajstić information content (AvgIpc) is 3.20. The number of amides is 4. The molecule has 2 aromatic carbocycles. The molecule has 4 rings (SSSR count). The molecule has 212 valence electrons. The number of hydrogen-bond acceptors (Lipinski definition) is 7. The summed E-state index contributed by atoms with van der Waals surface area (Å²) in [6.45, 7) is 6.85. The molecular formula is C29H32BrN3O6S. The maximum Gasteiger partial charge on any atom is 0.294 e. The van der Waals surface area contributed by atoms with Gasteiger partial charge in [-0.05, 0) is 91.4 Å². The Morgan fingerprint density at radius 2 is 1.82 bits per heavy atom. The van der Waals surface area contributed by atoms with Gasteiger partial charge in [0.15, 0.2) is 18.1 Å². The van der Waals surface area contributed by atoms with Crippen molar-refractivity contribution in [1.29, 1.82) is 0 Å². The lowest BCUT2D eigenvalue weighted by atomic mass is 9.99. The lowest BCUT2D eigenvalue weighted by Crippen LogP contribution is -2.45. The predicted octanol–water partition coefficient (Wildman–Crippen LogP) is 5.39. The van der Waals surface area contributed by atoms with Gasteiger partial charge < -0.3 is 19.7 Å². The second-order valence-corrected chi connectivity index (χ2v) is 11.8. The quantitative estimate of drug-likeness (QED) is 0.390. The van der Waals surface area contributed by atoms with Crippen molar-refractivity contribution in [3.63, 3.8) is 0 Å². The Labute approximate surface area is 246 Å². The second-order valence-electron chi connectivity index (χ2n) is 9.92. The third-order valence-electron chi connectivity index (χ3n) is 7.14. The number of piperidine rings is 1. The average molecular weight is 631 g/mol. The van der Waals surface area contributed by atoms with Crippen LogP contribution in [0.25, 0.3) is 6.08 Å². The van der Waals surface area contributed by atoms with Crippen molar-refractivity contribution in [1.82, 2.24) is 9.80 Å². The van der Waals surface area contributed by atoms with Gasteiger partial charge in [0.25, 0.3) is 17.1 Å². The number of methoxy groups -OCH3 is 1. The maximum atomic E-state index is 12.9. The van der Waals surface area contributed by atoms with Gasteiger partial charge in [-0.25, -0.2) is 0 Å². The zero-order valence-corrected chi connectivity index (χ0v) is 25.3. The number of halogens is 1. The van der Waals surface area contributed by atoms with Crippen LogP contribution < -0.4 is 14.8 Å². The van der Waals surface area contributed by atoms with E-state index in [0.717, 1.165) is 45.1 Å². The topological polar surface area (TPSA) is 105 Å². The van der Waals surface area contributed by atoms with E-state index in [1.165, 1.54) is 7.11 Å². The van der Waals surface area contributed by atoms with E-state index < -0.39 is 11.1 Å². The lowest BCUT2D eigenvalue weighted by molar-refractivity contribution is -0.136. The van der Waals surface area contributed by atoms with Crippen molar-refractivity contribution in [2.45, 2.75) is 33.6 Å². The molecule has 2 heterocycles. The fraction of sp³-hybridized carbons (Fsp3) is 0.379. The van der Waals surface area contributed by atoms with Gasteiger partial charge in [0.1, 0.15) is 6.54 Å². The molecule has 9 nitrogen and oxygen atoms in total. The predicted molar refractivity (Wildman–Crippen MR) is 158 cm³/mol. The van der Waals surface area contributed by atoms with Crippen LogP contribution in [0.15, 0.2) is 39.7 Å². The van der Waals surface area contributed by atoms with Crippen LogP contribution in [0.5, 0.6) is 11.5 Å². The van der Waals surface area contributed by atoms with Gasteiger partial charge in [-0.3, -0.25) is 24.1 Å². The van der Waals surface area contributed by atoms with Crippen LogP contribution in [-0.2, 0) is 14.4 Å². The Morgan fingerprint density at radius 3 is 2.52 bits per heavy atom. The Hall–Kier alpha value is -3.31. The van der Waals surface area contributed by atoms with Crippen LogP contribution in [-0.4, -0.2) is 66.1 Å². The number of carbonyl (C=O) groups excluding carboxylic acids is 4. The van der Waals surface area contributed by atoms with Gasteiger partial charge in [-0.15, -0.1) is 0 Å². The SMILES string of the molecule is COc1cc(/C=C2/SC(=O)N(CC(=O)N3CCC(C)CC3)C2=O)ccc1OCC(=O)Nc1ccc(Br)c(C)c1C. The van der Waals surface area contributed by atoms with E-state index in [4.69, 9.17) is 9.47 Å². The Kier molecular flexibility index (Phi) is 9.57. The largest absolute Gasteiger partial charge is 0.493 e. The van der Waals surface area contributed by atoms with Crippen molar-refractivity contribution >= 4 is 62.4 Å². The molecule has 2 aromatic rings. The maximum absolute atomic E-state index is 12.9. The standard InChI is InChI=1S/C29H32BrN3O6S/c1-17-9-11-32(12-10-17)27(35)15-33-28(36)25(40-29(33)37)14-20-5-8-23(24(13-20)38-4)39-16-26(34)31-22-7-6-21(30)18(2)19(22)3/h5-8,13-14,17H,9-12,15-16H2,1-4H3,(H,31,34)/b25-14+. The first-order valence-corrected chi connectivity index (χ1v) is 14.6. The molecule has 2 aliphatic rings. The number of imide groups is 1. The normalized spacial score (nSPS) is 17.0. The van der Waals surface area contributed by atoms with E-state index >= 15 is 0 Å².